The van der Waals surface area contributed by atoms with Crippen LogP contribution in [-0.4, -0.2) is 54.4 Å². The van der Waals surface area contributed by atoms with Gasteiger partial charge in [-0.15, -0.1) is 11.3 Å². The molecule has 310 valence electrons. The van der Waals surface area contributed by atoms with Crippen molar-refractivity contribution in [2.24, 2.45) is 0 Å². The number of benzene rings is 4. The maximum absolute atomic E-state index is 13.9. The number of phenols is 1. The number of thiophene rings is 1. The van der Waals surface area contributed by atoms with Crippen LogP contribution in [0.25, 0.3) is 21.3 Å². The Hall–Kier alpha value is -4.44. The number of phenolic OH excluding ortho intramolecular Hbond substituents is 1. The molecule has 0 radical (unpaired) electrons. The lowest BCUT2D eigenvalue weighted by Gasteiger charge is -2.25. The molecule has 0 amide bonds. The van der Waals surface area contributed by atoms with Crippen molar-refractivity contribution in [2.75, 3.05) is 13.2 Å². The lowest BCUT2D eigenvalue weighted by Crippen LogP contribution is -2.37. The Balaban J connectivity index is 1.32. The Kier molecular flexibility index (Phi) is 13.8. The van der Waals surface area contributed by atoms with Crippen LogP contribution in [-0.2, 0) is 36.9 Å². The number of hydrogen-bond acceptors (Lipinski definition) is 12. The summed E-state index contributed by atoms with van der Waals surface area (Å²) in [5, 5.41) is 11.4. The molecule has 0 aliphatic carbocycles. The lowest BCUT2D eigenvalue weighted by molar-refractivity contribution is -0.163. The van der Waals surface area contributed by atoms with Gasteiger partial charge >= 0.3 is 5.97 Å². The highest BCUT2D eigenvalue weighted by Crippen LogP contribution is 2.51. The zero-order chi connectivity index (χ0) is 42.6. The minimum atomic E-state index is -4.01. The van der Waals surface area contributed by atoms with Crippen LogP contribution >= 0.6 is 50.5 Å². The van der Waals surface area contributed by atoms with Gasteiger partial charge in [-0.25, -0.2) is 14.8 Å². The first-order chi connectivity index (χ1) is 27.9. The third kappa shape index (κ3) is 10.5. The SMILES string of the molecule is Cc1ccc(S(=O)(=O)OCCOc2c(Cl)c(C)c(-c3c(Br)sc4ncnc(OC(Cc5cc(O)ccc5OCc5ccccc5)C(=O)OC(C)(C)C)c34)c(C)c2Cl)cc1. The molecule has 2 heterocycles. The van der Waals surface area contributed by atoms with Crippen LogP contribution in [0.4, 0.5) is 0 Å². The first kappa shape index (κ1) is 44.1. The van der Waals surface area contributed by atoms with Crippen LogP contribution in [0.3, 0.4) is 0 Å². The van der Waals surface area contributed by atoms with Crippen LogP contribution in [0.5, 0.6) is 23.1 Å². The molecule has 4 aromatic carbocycles. The number of fused-ring (bicyclic) bond motifs is 1. The first-order valence-electron chi connectivity index (χ1n) is 18.3. The minimum Gasteiger partial charge on any atom is -0.508 e. The minimum absolute atomic E-state index is 0.0181. The molecule has 16 heteroatoms. The predicted octanol–water partition coefficient (Wildman–Crippen LogP) is 10.8. The average molecular weight is 945 g/mol. The zero-order valence-corrected chi connectivity index (χ0v) is 37.7. The largest absolute Gasteiger partial charge is 0.508 e. The van der Waals surface area contributed by atoms with Gasteiger partial charge in [-0.1, -0.05) is 71.2 Å². The van der Waals surface area contributed by atoms with E-state index in [9.17, 15) is 18.3 Å². The normalized spacial score (nSPS) is 12.4. The van der Waals surface area contributed by atoms with Gasteiger partial charge in [0.15, 0.2) is 5.75 Å². The fraction of sp³-hybridized carbons (Fsp3) is 0.279. The molecular weight excluding hydrogens is 903 g/mol. The van der Waals surface area contributed by atoms with Gasteiger partial charge in [-0.05, 0) is 110 Å². The molecule has 2 aromatic heterocycles. The molecule has 11 nitrogen and oxygen atoms in total. The summed E-state index contributed by atoms with van der Waals surface area (Å²) in [6, 6.07) is 20.6. The van der Waals surface area contributed by atoms with Gasteiger partial charge in [-0.3, -0.25) is 4.18 Å². The summed E-state index contributed by atoms with van der Waals surface area (Å²) in [4.78, 5) is 23.5. The highest BCUT2D eigenvalue weighted by Gasteiger charge is 2.32. The molecule has 0 spiro atoms. The average Bonchev–Trinajstić information content (AvgIpc) is 3.52. The van der Waals surface area contributed by atoms with E-state index >= 15 is 0 Å². The number of rotatable bonds is 15. The van der Waals surface area contributed by atoms with Crippen LogP contribution < -0.4 is 14.2 Å². The molecule has 1 N–H and O–H groups in total. The predicted molar refractivity (Wildman–Crippen MR) is 233 cm³/mol. The molecule has 0 aliphatic heterocycles. The van der Waals surface area contributed by atoms with Crippen molar-refractivity contribution < 1.29 is 41.4 Å². The van der Waals surface area contributed by atoms with Gasteiger partial charge in [0.1, 0.15) is 48.1 Å². The topological polar surface area (TPSA) is 143 Å². The Morgan fingerprint density at radius 2 is 1.58 bits per heavy atom. The molecule has 0 aliphatic rings. The van der Waals surface area contributed by atoms with E-state index in [1.807, 2.05) is 37.3 Å². The van der Waals surface area contributed by atoms with Crippen LogP contribution in [0.1, 0.15) is 48.6 Å². The first-order valence-corrected chi connectivity index (χ1v) is 22.1. The molecule has 1 atom stereocenters. The monoisotopic (exact) mass is 942 g/mol. The van der Waals surface area contributed by atoms with Crippen molar-refractivity contribution in [3.05, 3.63) is 121 Å². The van der Waals surface area contributed by atoms with Gasteiger partial charge < -0.3 is 24.1 Å². The smallest absolute Gasteiger partial charge is 0.348 e. The van der Waals surface area contributed by atoms with Crippen molar-refractivity contribution in [1.29, 1.82) is 0 Å². The maximum Gasteiger partial charge on any atom is 0.348 e. The molecule has 6 aromatic rings. The third-order valence-electron chi connectivity index (χ3n) is 8.96. The van der Waals surface area contributed by atoms with Crippen molar-refractivity contribution in [2.45, 2.75) is 71.2 Å². The second-order valence-corrected chi connectivity index (χ2v) is 19.2. The zero-order valence-electron chi connectivity index (χ0n) is 33.0. The molecule has 1 unspecified atom stereocenters. The summed E-state index contributed by atoms with van der Waals surface area (Å²) in [5.41, 5.74) is 3.95. The molecular formula is C43H41BrCl2N2O9S2. The summed E-state index contributed by atoms with van der Waals surface area (Å²) in [6.45, 7) is 10.5. The molecule has 0 bridgehead atoms. The third-order valence-corrected chi connectivity index (χ3v) is 13.0. The number of carbonyl (C=O) groups excluding carboxylic acids is 1. The number of esters is 1. The van der Waals surface area contributed by atoms with E-state index in [1.165, 1.54) is 41.9 Å². The number of nitrogens with zero attached hydrogens (tertiary/aromatic N) is 2. The summed E-state index contributed by atoms with van der Waals surface area (Å²) in [5.74, 6) is 0.0256. The van der Waals surface area contributed by atoms with Crippen molar-refractivity contribution >= 4 is 76.8 Å². The van der Waals surface area contributed by atoms with Crippen molar-refractivity contribution in [3.8, 4) is 34.3 Å². The standard InChI is InChI=1S/C43H41BrCl2N2O9S2/c1-24-12-15-30(16-13-24)59(51,52)55-19-18-53-38-36(45)25(2)33(26(3)37(38)46)34-35-40(47-23-48-41(35)58-39(34)44)56-32(42(50)57-43(4,5)6)21-28-20-29(49)14-17-31(28)54-22-27-10-8-7-9-11-27/h7-17,20,23,32,49H,18-19,21-22H2,1-6H3. The maximum atomic E-state index is 13.9. The van der Waals surface area contributed by atoms with E-state index in [0.29, 0.717) is 47.6 Å². The number of ether oxygens (including phenoxy) is 4. The van der Waals surface area contributed by atoms with Crippen LogP contribution in [0.2, 0.25) is 10.0 Å². The Morgan fingerprint density at radius 3 is 2.24 bits per heavy atom. The van der Waals surface area contributed by atoms with Crippen molar-refractivity contribution in [1.82, 2.24) is 9.97 Å². The summed E-state index contributed by atoms with van der Waals surface area (Å²) < 4.78 is 55.8. The van der Waals surface area contributed by atoms with Gasteiger partial charge in [0.25, 0.3) is 10.1 Å². The van der Waals surface area contributed by atoms with E-state index < -0.39 is 27.8 Å². The number of aromatic hydroxyl groups is 1. The van der Waals surface area contributed by atoms with E-state index in [-0.39, 0.29) is 58.6 Å². The fourth-order valence-corrected chi connectivity index (χ4v) is 9.32. The molecule has 59 heavy (non-hydrogen) atoms. The number of carbonyl (C=O) groups is 1. The van der Waals surface area contributed by atoms with Gasteiger partial charge in [0.05, 0.1) is 24.1 Å². The van der Waals surface area contributed by atoms with E-state index in [4.69, 9.17) is 46.3 Å². The second-order valence-electron chi connectivity index (χ2n) is 14.5. The Bertz CT molecular complexity index is 2570. The Morgan fingerprint density at radius 1 is 0.898 bits per heavy atom. The Labute approximate surface area is 365 Å². The number of aryl methyl sites for hydroxylation is 1. The van der Waals surface area contributed by atoms with Crippen LogP contribution in [0, 0.1) is 20.8 Å². The van der Waals surface area contributed by atoms with Gasteiger partial charge in [-0.2, -0.15) is 8.42 Å². The lowest BCUT2D eigenvalue weighted by atomic mass is 9.95. The number of aromatic nitrogens is 2. The fourth-order valence-electron chi connectivity index (χ4n) is 6.17. The quantitative estimate of drug-likeness (QED) is 0.0597. The second kappa shape index (κ2) is 18.4. The number of halogens is 3. The molecule has 0 saturated heterocycles. The van der Waals surface area contributed by atoms with E-state index in [0.717, 1.165) is 11.1 Å². The molecule has 0 fully saturated rings. The van der Waals surface area contributed by atoms with E-state index in [2.05, 4.69) is 25.9 Å². The molecule has 0 saturated carbocycles. The van der Waals surface area contributed by atoms with Crippen LogP contribution in [0.15, 0.2) is 87.8 Å². The highest BCUT2D eigenvalue weighted by molar-refractivity contribution is 9.11. The van der Waals surface area contributed by atoms with Crippen molar-refractivity contribution in [3.63, 3.8) is 0 Å². The number of hydrogen-bond donors (Lipinski definition) is 1. The van der Waals surface area contributed by atoms with Gasteiger partial charge in [0.2, 0.25) is 12.0 Å². The highest BCUT2D eigenvalue weighted by atomic mass is 79.9. The van der Waals surface area contributed by atoms with Gasteiger partial charge in [0, 0.05) is 17.5 Å². The summed E-state index contributed by atoms with van der Waals surface area (Å²) in [6.07, 6.45) is 0.0517. The summed E-state index contributed by atoms with van der Waals surface area (Å²) >= 11 is 18.9. The van der Waals surface area contributed by atoms with E-state index in [1.54, 1.807) is 52.8 Å². The molecule has 6 rings (SSSR count). The summed E-state index contributed by atoms with van der Waals surface area (Å²) in [7, 11) is -4.01.